The largest absolute Gasteiger partial charge is 0.497 e. The van der Waals surface area contributed by atoms with Gasteiger partial charge in [0.15, 0.2) is 0 Å². The first-order valence-corrected chi connectivity index (χ1v) is 6.69. The smallest absolute Gasteiger partial charge is 0.259 e. The Morgan fingerprint density at radius 1 is 1.25 bits per heavy atom. The zero-order valence-corrected chi connectivity index (χ0v) is 12.6. The van der Waals surface area contributed by atoms with E-state index in [1.807, 2.05) is 0 Å². The van der Waals surface area contributed by atoms with Gasteiger partial charge in [0.05, 0.1) is 12.7 Å². The molecule has 0 aliphatic carbocycles. The van der Waals surface area contributed by atoms with Crippen molar-refractivity contribution in [2.24, 2.45) is 0 Å². The minimum Gasteiger partial charge on any atom is -0.497 e. The minimum absolute atomic E-state index is 0.231. The maximum absolute atomic E-state index is 13.1. The zero-order chi connectivity index (χ0) is 14.7. The highest BCUT2D eigenvalue weighted by atomic mass is 79.9. The number of carbonyl (C=O) groups is 1. The van der Waals surface area contributed by atoms with Crippen LogP contribution in [0.1, 0.15) is 10.4 Å². The molecule has 1 amide bonds. The molecule has 0 heterocycles. The number of benzene rings is 2. The zero-order valence-electron chi connectivity index (χ0n) is 11.1. The quantitative estimate of drug-likeness (QED) is 0.850. The van der Waals surface area contributed by atoms with Crippen molar-refractivity contribution in [2.45, 2.75) is 0 Å². The normalized spacial score (nSPS) is 10.2. The van der Waals surface area contributed by atoms with Gasteiger partial charge < -0.3 is 9.64 Å². The van der Waals surface area contributed by atoms with Gasteiger partial charge >= 0.3 is 0 Å². The molecule has 104 valence electrons. The Hall–Kier alpha value is -1.88. The van der Waals surface area contributed by atoms with Crippen molar-refractivity contribution in [3.63, 3.8) is 0 Å². The van der Waals surface area contributed by atoms with E-state index in [9.17, 15) is 9.18 Å². The summed E-state index contributed by atoms with van der Waals surface area (Å²) in [4.78, 5) is 13.9. The van der Waals surface area contributed by atoms with Crippen LogP contribution in [-0.2, 0) is 0 Å². The van der Waals surface area contributed by atoms with Gasteiger partial charge in [-0.3, -0.25) is 4.79 Å². The number of anilines is 1. The maximum Gasteiger partial charge on any atom is 0.259 e. The summed E-state index contributed by atoms with van der Waals surface area (Å²) in [6.45, 7) is 0. The summed E-state index contributed by atoms with van der Waals surface area (Å²) < 4.78 is 18.6. The van der Waals surface area contributed by atoms with Gasteiger partial charge in [-0.15, -0.1) is 0 Å². The van der Waals surface area contributed by atoms with Crippen LogP contribution in [0.5, 0.6) is 5.75 Å². The summed E-state index contributed by atoms with van der Waals surface area (Å²) in [7, 11) is 3.23. The van der Waals surface area contributed by atoms with Crippen LogP contribution in [0.3, 0.4) is 0 Å². The standard InChI is InChI=1S/C15H13BrFNO2/c1-18(11-4-3-5-12(9-11)20-2)15(19)13-7-6-10(17)8-14(13)16/h3-9H,1-2H3. The van der Waals surface area contributed by atoms with Crippen molar-refractivity contribution in [2.75, 3.05) is 19.1 Å². The van der Waals surface area contributed by atoms with E-state index in [1.54, 1.807) is 38.4 Å². The molecule has 2 aromatic rings. The number of ether oxygens (including phenoxy) is 1. The van der Waals surface area contributed by atoms with Crippen molar-refractivity contribution in [1.82, 2.24) is 0 Å². The van der Waals surface area contributed by atoms with Crippen LogP contribution in [-0.4, -0.2) is 20.1 Å². The number of carbonyl (C=O) groups excluding carboxylic acids is 1. The molecule has 0 saturated carbocycles. The Labute approximate surface area is 125 Å². The molecule has 0 aliphatic heterocycles. The number of amides is 1. The third kappa shape index (κ3) is 2.99. The predicted molar refractivity (Wildman–Crippen MR) is 79.8 cm³/mol. The van der Waals surface area contributed by atoms with Gasteiger partial charge in [-0.1, -0.05) is 6.07 Å². The second-order valence-electron chi connectivity index (χ2n) is 4.19. The molecule has 0 bridgehead atoms. The van der Waals surface area contributed by atoms with Crippen LogP contribution >= 0.6 is 15.9 Å². The third-order valence-corrected chi connectivity index (χ3v) is 3.56. The first-order chi connectivity index (χ1) is 9.52. The number of hydrogen-bond donors (Lipinski definition) is 0. The van der Waals surface area contributed by atoms with E-state index < -0.39 is 5.82 Å². The summed E-state index contributed by atoms with van der Waals surface area (Å²) >= 11 is 3.20. The van der Waals surface area contributed by atoms with Gasteiger partial charge in [0.2, 0.25) is 0 Å². The Bertz CT molecular complexity index is 646. The van der Waals surface area contributed by atoms with E-state index in [1.165, 1.54) is 23.1 Å². The molecule has 2 rings (SSSR count). The third-order valence-electron chi connectivity index (χ3n) is 2.91. The second-order valence-corrected chi connectivity index (χ2v) is 5.04. The van der Waals surface area contributed by atoms with E-state index in [-0.39, 0.29) is 5.91 Å². The molecule has 2 aromatic carbocycles. The van der Waals surface area contributed by atoms with Crippen LogP contribution in [0.15, 0.2) is 46.9 Å². The van der Waals surface area contributed by atoms with Crippen molar-refractivity contribution in [3.05, 3.63) is 58.3 Å². The van der Waals surface area contributed by atoms with Crippen LogP contribution in [0.4, 0.5) is 10.1 Å². The highest BCUT2D eigenvalue weighted by Crippen LogP contribution is 2.24. The molecular formula is C15H13BrFNO2. The lowest BCUT2D eigenvalue weighted by Crippen LogP contribution is -2.26. The molecule has 0 spiro atoms. The molecule has 5 heteroatoms. The predicted octanol–water partition coefficient (Wildman–Crippen LogP) is 3.87. The molecule has 0 aromatic heterocycles. The van der Waals surface area contributed by atoms with Gasteiger partial charge in [0, 0.05) is 23.3 Å². The first kappa shape index (κ1) is 14.5. The lowest BCUT2D eigenvalue weighted by Gasteiger charge is -2.18. The highest BCUT2D eigenvalue weighted by molar-refractivity contribution is 9.10. The summed E-state index contributed by atoms with van der Waals surface area (Å²) in [5.74, 6) is 0.0444. The van der Waals surface area contributed by atoms with Crippen molar-refractivity contribution < 1.29 is 13.9 Å². The fraction of sp³-hybridized carbons (Fsp3) is 0.133. The van der Waals surface area contributed by atoms with E-state index >= 15 is 0 Å². The van der Waals surface area contributed by atoms with E-state index in [0.29, 0.717) is 21.5 Å². The second kappa shape index (κ2) is 6.05. The number of halogens is 2. The molecule has 3 nitrogen and oxygen atoms in total. The van der Waals surface area contributed by atoms with Crippen LogP contribution in [0, 0.1) is 5.82 Å². The first-order valence-electron chi connectivity index (χ1n) is 5.90. The van der Waals surface area contributed by atoms with Crippen molar-refractivity contribution >= 4 is 27.5 Å². The SMILES string of the molecule is COc1cccc(N(C)C(=O)c2ccc(F)cc2Br)c1. The monoisotopic (exact) mass is 337 g/mol. The number of nitrogens with zero attached hydrogens (tertiary/aromatic N) is 1. The molecule has 0 radical (unpaired) electrons. The fourth-order valence-electron chi connectivity index (χ4n) is 1.78. The van der Waals surface area contributed by atoms with Crippen LogP contribution in [0.2, 0.25) is 0 Å². The Balaban J connectivity index is 2.32. The molecule has 20 heavy (non-hydrogen) atoms. The number of methoxy groups -OCH3 is 1. The van der Waals surface area contributed by atoms with E-state index in [0.717, 1.165) is 0 Å². The molecule has 0 atom stereocenters. The Kier molecular flexibility index (Phi) is 4.39. The highest BCUT2D eigenvalue weighted by Gasteiger charge is 2.17. The van der Waals surface area contributed by atoms with Crippen LogP contribution < -0.4 is 9.64 Å². The fourth-order valence-corrected chi connectivity index (χ4v) is 2.30. The Morgan fingerprint density at radius 3 is 2.65 bits per heavy atom. The van der Waals surface area contributed by atoms with Gasteiger partial charge in [0.1, 0.15) is 11.6 Å². The average Bonchev–Trinajstić information content (AvgIpc) is 2.46. The van der Waals surface area contributed by atoms with Crippen molar-refractivity contribution in [1.29, 1.82) is 0 Å². The molecule has 0 saturated heterocycles. The maximum atomic E-state index is 13.1. The van der Waals surface area contributed by atoms with E-state index in [2.05, 4.69) is 15.9 Å². The molecule has 0 fully saturated rings. The topological polar surface area (TPSA) is 29.5 Å². The summed E-state index contributed by atoms with van der Waals surface area (Å²) in [5, 5.41) is 0. The van der Waals surface area contributed by atoms with Crippen LogP contribution in [0.25, 0.3) is 0 Å². The lowest BCUT2D eigenvalue weighted by atomic mass is 10.2. The Morgan fingerprint density at radius 2 is 2.00 bits per heavy atom. The average molecular weight is 338 g/mol. The molecule has 0 N–H and O–H groups in total. The van der Waals surface area contributed by atoms with Gasteiger partial charge in [-0.25, -0.2) is 4.39 Å². The lowest BCUT2D eigenvalue weighted by molar-refractivity contribution is 0.0992. The number of rotatable bonds is 3. The van der Waals surface area contributed by atoms with Gasteiger partial charge in [-0.2, -0.15) is 0 Å². The molecule has 0 aliphatic rings. The number of hydrogen-bond acceptors (Lipinski definition) is 2. The minimum atomic E-state index is -0.391. The van der Waals surface area contributed by atoms with E-state index in [4.69, 9.17) is 4.74 Å². The summed E-state index contributed by atoms with van der Waals surface area (Å²) in [6, 6.07) is 11.2. The van der Waals surface area contributed by atoms with Gasteiger partial charge in [0.25, 0.3) is 5.91 Å². The summed E-state index contributed by atoms with van der Waals surface area (Å²) in [6.07, 6.45) is 0. The van der Waals surface area contributed by atoms with Gasteiger partial charge in [-0.05, 0) is 46.3 Å². The molecule has 0 unspecified atom stereocenters. The molecular weight excluding hydrogens is 325 g/mol. The van der Waals surface area contributed by atoms with Crippen molar-refractivity contribution in [3.8, 4) is 5.75 Å². The summed E-state index contributed by atoms with van der Waals surface area (Å²) in [5.41, 5.74) is 1.10.